The number of aromatic nitrogens is 4. The summed E-state index contributed by atoms with van der Waals surface area (Å²) in [5.74, 6) is 0.690. The molecule has 0 atom stereocenters. The van der Waals surface area contributed by atoms with Crippen LogP contribution in [0.4, 0.5) is 5.95 Å². The van der Waals surface area contributed by atoms with Crippen molar-refractivity contribution in [3.63, 3.8) is 0 Å². The third-order valence-electron chi connectivity index (χ3n) is 5.13. The highest BCUT2D eigenvalue weighted by Gasteiger charge is 2.23. The summed E-state index contributed by atoms with van der Waals surface area (Å²) < 4.78 is 3.19. The van der Waals surface area contributed by atoms with Gasteiger partial charge in [0.2, 0.25) is 11.8 Å². The molecule has 9 heteroatoms. The van der Waals surface area contributed by atoms with Crippen molar-refractivity contribution in [3.8, 4) is 12.1 Å². The fourth-order valence-corrected chi connectivity index (χ4v) is 3.68. The normalized spacial score (nSPS) is 14.0. The van der Waals surface area contributed by atoms with E-state index in [1.54, 1.807) is 24.3 Å². The van der Waals surface area contributed by atoms with Crippen LogP contribution in [0.5, 0.6) is 0 Å². The SMILES string of the molecule is CCn1c(N2CCNCC2)nc2nc(C#N)n(Cc3ccccc3C#N)c(=O)c21. The number of hydrogen-bond acceptors (Lipinski definition) is 7. The Bertz CT molecular complexity index is 1200. The van der Waals surface area contributed by atoms with Crippen molar-refractivity contribution in [3.05, 3.63) is 51.6 Å². The van der Waals surface area contributed by atoms with E-state index >= 15 is 0 Å². The monoisotopic (exact) mass is 388 g/mol. The molecule has 0 unspecified atom stereocenters. The summed E-state index contributed by atoms with van der Waals surface area (Å²) in [6.45, 7) is 5.90. The summed E-state index contributed by atoms with van der Waals surface area (Å²) in [5.41, 5.74) is 1.48. The van der Waals surface area contributed by atoms with Crippen LogP contribution in [-0.2, 0) is 13.1 Å². The number of aryl methyl sites for hydroxylation is 1. The molecule has 4 rings (SSSR count). The van der Waals surface area contributed by atoms with Crippen LogP contribution in [0.1, 0.15) is 23.9 Å². The van der Waals surface area contributed by atoms with Gasteiger partial charge in [0, 0.05) is 32.7 Å². The van der Waals surface area contributed by atoms with E-state index < -0.39 is 0 Å². The summed E-state index contributed by atoms with van der Waals surface area (Å²) in [4.78, 5) is 24.5. The Balaban J connectivity index is 1.90. The van der Waals surface area contributed by atoms with Gasteiger partial charge in [0.1, 0.15) is 6.07 Å². The van der Waals surface area contributed by atoms with E-state index in [0.29, 0.717) is 29.1 Å². The van der Waals surface area contributed by atoms with Crippen LogP contribution in [0.3, 0.4) is 0 Å². The van der Waals surface area contributed by atoms with Gasteiger partial charge in [0.25, 0.3) is 5.56 Å². The molecule has 1 aliphatic rings. The first-order valence-electron chi connectivity index (χ1n) is 9.52. The van der Waals surface area contributed by atoms with Gasteiger partial charge in [-0.25, -0.2) is 0 Å². The van der Waals surface area contributed by atoms with E-state index in [-0.39, 0.29) is 23.6 Å². The molecule has 1 aliphatic heterocycles. The second-order valence-corrected chi connectivity index (χ2v) is 6.77. The van der Waals surface area contributed by atoms with Gasteiger partial charge >= 0.3 is 0 Å². The number of nitriles is 2. The number of imidazole rings is 1. The molecule has 0 bridgehead atoms. The van der Waals surface area contributed by atoms with Crippen LogP contribution in [-0.4, -0.2) is 45.3 Å². The first kappa shape index (κ1) is 18.7. The van der Waals surface area contributed by atoms with Crippen molar-refractivity contribution < 1.29 is 0 Å². The number of piperazine rings is 1. The molecule has 29 heavy (non-hydrogen) atoms. The van der Waals surface area contributed by atoms with Crippen molar-refractivity contribution in [2.45, 2.75) is 20.0 Å². The third kappa shape index (κ3) is 3.22. The molecule has 1 fully saturated rings. The summed E-state index contributed by atoms with van der Waals surface area (Å²) in [6, 6.07) is 11.2. The second-order valence-electron chi connectivity index (χ2n) is 6.77. The van der Waals surface area contributed by atoms with E-state index in [1.165, 1.54) is 4.57 Å². The lowest BCUT2D eigenvalue weighted by molar-refractivity contribution is 0.569. The molecule has 0 spiro atoms. The van der Waals surface area contributed by atoms with E-state index in [0.717, 1.165) is 26.2 Å². The lowest BCUT2D eigenvalue weighted by Crippen LogP contribution is -2.44. The van der Waals surface area contributed by atoms with Gasteiger partial charge in [0.15, 0.2) is 11.2 Å². The van der Waals surface area contributed by atoms with E-state index in [4.69, 9.17) is 0 Å². The van der Waals surface area contributed by atoms with Crippen LogP contribution in [0.2, 0.25) is 0 Å². The molecular formula is C20H20N8O. The van der Waals surface area contributed by atoms with Gasteiger partial charge in [-0.1, -0.05) is 18.2 Å². The van der Waals surface area contributed by atoms with Crippen LogP contribution in [0.15, 0.2) is 29.1 Å². The quantitative estimate of drug-likeness (QED) is 0.703. The Morgan fingerprint density at radius 2 is 1.86 bits per heavy atom. The predicted octanol–water partition coefficient (Wildman–Crippen LogP) is 0.814. The van der Waals surface area contributed by atoms with Crippen molar-refractivity contribution in [1.82, 2.24) is 24.4 Å². The molecule has 0 amide bonds. The topological polar surface area (TPSA) is 116 Å². The van der Waals surface area contributed by atoms with Crippen molar-refractivity contribution in [1.29, 1.82) is 10.5 Å². The Hall–Kier alpha value is -3.69. The molecular weight excluding hydrogens is 368 g/mol. The minimum Gasteiger partial charge on any atom is -0.340 e. The van der Waals surface area contributed by atoms with E-state index in [2.05, 4.69) is 26.3 Å². The fourth-order valence-electron chi connectivity index (χ4n) is 3.68. The van der Waals surface area contributed by atoms with E-state index in [9.17, 15) is 15.3 Å². The zero-order valence-corrected chi connectivity index (χ0v) is 16.1. The smallest absolute Gasteiger partial charge is 0.280 e. The Kier molecular flexibility index (Phi) is 4.98. The summed E-state index contributed by atoms with van der Waals surface area (Å²) in [7, 11) is 0. The average molecular weight is 388 g/mol. The van der Waals surface area contributed by atoms with Crippen LogP contribution >= 0.6 is 0 Å². The van der Waals surface area contributed by atoms with Crippen molar-refractivity contribution in [2.75, 3.05) is 31.1 Å². The Morgan fingerprint density at radius 1 is 1.10 bits per heavy atom. The maximum atomic E-state index is 13.4. The number of hydrogen-bond donors (Lipinski definition) is 1. The lowest BCUT2D eigenvalue weighted by atomic mass is 10.1. The minimum atomic E-state index is -0.324. The molecule has 9 nitrogen and oxygen atoms in total. The highest BCUT2D eigenvalue weighted by atomic mass is 16.1. The van der Waals surface area contributed by atoms with Crippen molar-refractivity contribution >= 4 is 17.1 Å². The number of anilines is 1. The third-order valence-corrected chi connectivity index (χ3v) is 5.13. The second kappa shape index (κ2) is 7.74. The fraction of sp³-hybridized carbons (Fsp3) is 0.350. The molecule has 0 radical (unpaired) electrons. The van der Waals surface area contributed by atoms with Gasteiger partial charge in [-0.15, -0.1) is 0 Å². The molecule has 1 aromatic carbocycles. The number of rotatable bonds is 4. The maximum Gasteiger partial charge on any atom is 0.280 e. The zero-order valence-electron chi connectivity index (χ0n) is 16.1. The Morgan fingerprint density at radius 3 is 2.55 bits per heavy atom. The molecule has 3 heterocycles. The number of nitrogens with zero attached hydrogens (tertiary/aromatic N) is 7. The summed E-state index contributed by atoms with van der Waals surface area (Å²) in [5, 5.41) is 22.3. The molecule has 146 valence electrons. The highest BCUT2D eigenvalue weighted by Crippen LogP contribution is 2.20. The van der Waals surface area contributed by atoms with Gasteiger partial charge in [-0.05, 0) is 18.6 Å². The summed E-state index contributed by atoms with van der Waals surface area (Å²) in [6.07, 6.45) is 0. The standard InChI is InChI=1S/C20H20N8O/c1-2-27-17-18(25-20(27)26-9-7-23-8-10-26)24-16(12-22)28(19(17)29)13-15-6-4-3-5-14(15)11-21/h3-6,23H,2,7-10,13H2,1H3. The lowest BCUT2D eigenvalue weighted by Gasteiger charge is -2.28. The molecule has 3 aromatic rings. The first-order chi connectivity index (χ1) is 14.2. The summed E-state index contributed by atoms with van der Waals surface area (Å²) >= 11 is 0. The van der Waals surface area contributed by atoms with Crippen LogP contribution in [0.25, 0.3) is 11.2 Å². The largest absolute Gasteiger partial charge is 0.340 e. The maximum absolute atomic E-state index is 13.4. The van der Waals surface area contributed by atoms with Gasteiger partial charge < -0.3 is 14.8 Å². The molecule has 1 N–H and O–H groups in total. The van der Waals surface area contributed by atoms with Gasteiger partial charge in [-0.2, -0.15) is 20.5 Å². The zero-order chi connectivity index (χ0) is 20.4. The Labute approximate surface area is 167 Å². The molecule has 1 saturated heterocycles. The number of fused-ring (bicyclic) bond motifs is 1. The number of nitrogens with one attached hydrogen (secondary N) is 1. The van der Waals surface area contributed by atoms with Gasteiger partial charge in [0.05, 0.1) is 18.2 Å². The van der Waals surface area contributed by atoms with E-state index in [1.807, 2.05) is 17.6 Å². The highest BCUT2D eigenvalue weighted by molar-refractivity contribution is 5.74. The van der Waals surface area contributed by atoms with Gasteiger partial charge in [-0.3, -0.25) is 9.36 Å². The van der Waals surface area contributed by atoms with Crippen molar-refractivity contribution in [2.24, 2.45) is 0 Å². The molecule has 0 saturated carbocycles. The first-order valence-corrected chi connectivity index (χ1v) is 9.52. The van der Waals surface area contributed by atoms with Crippen LogP contribution < -0.4 is 15.8 Å². The number of benzene rings is 1. The minimum absolute atomic E-state index is 0.0112. The molecule has 0 aliphatic carbocycles. The molecule has 2 aromatic heterocycles. The van der Waals surface area contributed by atoms with Crippen LogP contribution in [0, 0.1) is 22.7 Å². The average Bonchev–Trinajstić information content (AvgIpc) is 3.15. The predicted molar refractivity (Wildman–Crippen MR) is 108 cm³/mol.